The molecule has 0 bridgehead atoms. The third-order valence-electron chi connectivity index (χ3n) is 5.55. The number of benzene rings is 3. The average Bonchev–Trinajstić information content (AvgIpc) is 3.15. The molecule has 0 amide bonds. The van der Waals surface area contributed by atoms with E-state index in [1.54, 1.807) is 6.07 Å². The minimum atomic E-state index is -1.50. The molecule has 0 aliphatic rings. The molecule has 0 radical (unpaired) electrons. The molecule has 0 saturated heterocycles. The summed E-state index contributed by atoms with van der Waals surface area (Å²) in [5, 5.41) is 11.1. The number of fused-ring (bicyclic) bond motifs is 3. The Balaban J connectivity index is 1.43. The second-order valence-corrected chi connectivity index (χ2v) is 8.87. The highest BCUT2D eigenvalue weighted by molar-refractivity contribution is 7.92. The van der Waals surface area contributed by atoms with Gasteiger partial charge >= 0.3 is 5.97 Å². The normalized spacial score (nSPS) is 11.7. The minimum absolute atomic E-state index is 0.0359. The Morgan fingerprint density at radius 3 is 2.53 bits per heavy atom. The molecule has 3 aromatic carbocycles. The van der Waals surface area contributed by atoms with E-state index in [0.717, 1.165) is 21.8 Å². The highest BCUT2D eigenvalue weighted by Gasteiger charge is 2.17. The van der Waals surface area contributed by atoms with Crippen molar-refractivity contribution in [2.75, 3.05) is 4.72 Å². The number of carboxylic acid groups (broad SMARTS) is 1. The van der Waals surface area contributed by atoms with E-state index in [2.05, 4.69) is 38.2 Å². The molecule has 1 atom stereocenters. The van der Waals surface area contributed by atoms with Gasteiger partial charge in [0.2, 0.25) is 0 Å². The van der Waals surface area contributed by atoms with Gasteiger partial charge in [0.1, 0.15) is 17.1 Å². The number of nitrogens with zero attached hydrogens (tertiary/aromatic N) is 2. The van der Waals surface area contributed by atoms with E-state index >= 15 is 0 Å². The number of anilines is 1. The van der Waals surface area contributed by atoms with Crippen molar-refractivity contribution in [1.82, 2.24) is 9.55 Å². The Kier molecular flexibility index (Phi) is 5.68. The average molecular weight is 466 g/mol. The summed E-state index contributed by atoms with van der Waals surface area (Å²) in [5.41, 5.74) is 4.06. The maximum absolute atomic E-state index is 13.2. The lowest BCUT2D eigenvalue weighted by Crippen LogP contribution is -2.13. The number of hydrogen-bond donors (Lipinski definition) is 2. The van der Waals surface area contributed by atoms with Crippen LogP contribution >= 0.6 is 0 Å². The molecule has 7 heteroatoms. The van der Waals surface area contributed by atoms with E-state index < -0.39 is 17.3 Å². The second kappa shape index (κ2) is 8.94. The zero-order valence-corrected chi connectivity index (χ0v) is 19.0. The second-order valence-electron chi connectivity index (χ2n) is 7.66. The fourth-order valence-electron chi connectivity index (χ4n) is 3.84. The summed E-state index contributed by atoms with van der Waals surface area (Å²) in [7, 11) is 2.03. The van der Waals surface area contributed by atoms with Crippen LogP contribution in [-0.4, -0.2) is 25.2 Å². The number of rotatable bonds is 4. The van der Waals surface area contributed by atoms with Crippen LogP contribution in [0.2, 0.25) is 0 Å². The molecule has 34 heavy (non-hydrogen) atoms. The van der Waals surface area contributed by atoms with Crippen LogP contribution in [0.15, 0.2) is 90.0 Å². The first-order valence-electron chi connectivity index (χ1n) is 10.5. The largest absolute Gasteiger partial charge is 0.588 e. The summed E-state index contributed by atoms with van der Waals surface area (Å²) >= 11 is -1.50. The summed E-state index contributed by atoms with van der Waals surface area (Å²) in [6.45, 7) is 0. The summed E-state index contributed by atoms with van der Waals surface area (Å²) in [6, 6.07) is 24.4. The van der Waals surface area contributed by atoms with Crippen molar-refractivity contribution in [2.24, 2.45) is 7.05 Å². The topological polar surface area (TPSA) is 90.2 Å². The number of carboxylic acids is 1. The van der Waals surface area contributed by atoms with E-state index in [9.17, 15) is 9.35 Å². The van der Waals surface area contributed by atoms with Crippen molar-refractivity contribution in [3.8, 4) is 11.8 Å². The van der Waals surface area contributed by atoms with Gasteiger partial charge in [-0.05, 0) is 42.5 Å². The summed E-state index contributed by atoms with van der Waals surface area (Å²) in [6.07, 6.45) is 1.42. The lowest BCUT2D eigenvalue weighted by Gasteiger charge is -2.13. The van der Waals surface area contributed by atoms with Crippen molar-refractivity contribution in [3.05, 3.63) is 102 Å². The molecule has 2 aromatic heterocycles. The van der Waals surface area contributed by atoms with Crippen LogP contribution in [0.3, 0.4) is 0 Å². The summed E-state index contributed by atoms with van der Waals surface area (Å²) in [5.74, 6) is 4.95. The van der Waals surface area contributed by atoms with Gasteiger partial charge < -0.3 is 14.2 Å². The van der Waals surface area contributed by atoms with Crippen molar-refractivity contribution in [1.29, 1.82) is 0 Å². The maximum Gasteiger partial charge on any atom is 0.354 e. The maximum atomic E-state index is 13.2. The Morgan fingerprint density at radius 1 is 0.971 bits per heavy atom. The van der Waals surface area contributed by atoms with Crippen LogP contribution in [0.1, 0.15) is 21.6 Å². The van der Waals surface area contributed by atoms with Gasteiger partial charge in [-0.2, -0.15) is 0 Å². The predicted octanol–water partition coefficient (Wildman–Crippen LogP) is 4.96. The Hall–Kier alpha value is -4.25. The number of nitrogens with one attached hydrogen (secondary N) is 1. The Labute approximate surface area is 199 Å². The predicted molar refractivity (Wildman–Crippen MR) is 134 cm³/mol. The van der Waals surface area contributed by atoms with Crippen LogP contribution in [0.5, 0.6) is 0 Å². The minimum Gasteiger partial charge on any atom is -0.588 e. The van der Waals surface area contributed by atoms with Crippen LogP contribution in [0.25, 0.3) is 21.8 Å². The number of aromatic carboxylic acids is 1. The zero-order chi connectivity index (χ0) is 23.7. The first kappa shape index (κ1) is 21.6. The highest BCUT2D eigenvalue weighted by Crippen LogP contribution is 2.30. The fraction of sp³-hybridized carbons (Fsp3) is 0.0370. The van der Waals surface area contributed by atoms with Crippen molar-refractivity contribution in [2.45, 2.75) is 4.90 Å². The Bertz CT molecular complexity index is 1600. The van der Waals surface area contributed by atoms with Gasteiger partial charge in [-0.3, -0.25) is 0 Å². The number of para-hydroxylation sites is 2. The molecule has 0 saturated carbocycles. The molecule has 0 fully saturated rings. The van der Waals surface area contributed by atoms with Gasteiger partial charge in [-0.1, -0.05) is 42.2 Å². The highest BCUT2D eigenvalue weighted by atomic mass is 32.2. The molecule has 166 valence electrons. The fourth-order valence-corrected chi connectivity index (χ4v) is 4.75. The molecule has 5 rings (SSSR count). The number of pyridine rings is 1. The first-order chi connectivity index (χ1) is 16.5. The third-order valence-corrected chi connectivity index (χ3v) is 6.64. The van der Waals surface area contributed by atoms with E-state index in [1.165, 1.54) is 12.3 Å². The number of aromatic nitrogens is 2. The third kappa shape index (κ3) is 4.08. The number of hydrogen-bond acceptors (Lipinski definition) is 4. The Morgan fingerprint density at radius 2 is 1.74 bits per heavy atom. The molecule has 2 N–H and O–H groups in total. The van der Waals surface area contributed by atoms with E-state index in [0.29, 0.717) is 21.7 Å². The molecule has 5 aromatic rings. The van der Waals surface area contributed by atoms with Gasteiger partial charge in [0, 0.05) is 46.7 Å². The lowest BCUT2D eigenvalue weighted by atomic mass is 10.1. The number of aryl methyl sites for hydroxylation is 1. The zero-order valence-electron chi connectivity index (χ0n) is 18.1. The van der Waals surface area contributed by atoms with Gasteiger partial charge in [0.05, 0.1) is 11.3 Å². The van der Waals surface area contributed by atoms with Crippen molar-refractivity contribution < 1.29 is 14.5 Å². The molecule has 1 unspecified atom stereocenters. The first-order valence-corrected chi connectivity index (χ1v) is 11.6. The molecular formula is C27H19N3O3S. The smallest absolute Gasteiger partial charge is 0.354 e. The standard InChI is InChI=1S/C27H19N3O3S/c1-30-25-9-5-3-7-21(25)22-16-20(13-15-26(22)30)34(33)29-23-8-4-2-6-19(23)12-10-18-11-14-24(27(31)32)28-17-18/h2-9,11,13-17,29H,1H3,(H,31,32). The van der Waals surface area contributed by atoms with Crippen LogP contribution in [0.4, 0.5) is 5.69 Å². The van der Waals surface area contributed by atoms with Crippen LogP contribution in [0, 0.1) is 11.8 Å². The van der Waals surface area contributed by atoms with E-state index in [-0.39, 0.29) is 5.69 Å². The summed E-state index contributed by atoms with van der Waals surface area (Å²) in [4.78, 5) is 15.5. The molecule has 2 heterocycles. The van der Waals surface area contributed by atoms with Gasteiger partial charge in [-0.15, -0.1) is 0 Å². The molecular weight excluding hydrogens is 446 g/mol. The van der Waals surface area contributed by atoms with E-state index in [1.807, 2.05) is 61.6 Å². The van der Waals surface area contributed by atoms with Gasteiger partial charge in [0.15, 0.2) is 4.90 Å². The molecule has 6 nitrogen and oxygen atoms in total. The van der Waals surface area contributed by atoms with Gasteiger partial charge in [0.25, 0.3) is 0 Å². The van der Waals surface area contributed by atoms with Gasteiger partial charge in [-0.25, -0.2) is 14.5 Å². The monoisotopic (exact) mass is 465 g/mol. The molecule has 0 aliphatic heterocycles. The van der Waals surface area contributed by atoms with Crippen LogP contribution in [-0.2, 0) is 18.4 Å². The van der Waals surface area contributed by atoms with E-state index in [4.69, 9.17) is 5.11 Å². The summed E-state index contributed by atoms with van der Waals surface area (Å²) < 4.78 is 18.4. The molecule has 0 spiro atoms. The number of carbonyl (C=O) groups is 1. The van der Waals surface area contributed by atoms with Crippen LogP contribution < -0.4 is 4.72 Å². The lowest BCUT2D eigenvalue weighted by molar-refractivity contribution is 0.0690. The quantitative estimate of drug-likeness (QED) is 0.289. The SMILES string of the molecule is Cn1c2ccccc2c2cc([S+]([O-])Nc3ccccc3C#Cc3ccc(C(=O)O)nc3)ccc21. The van der Waals surface area contributed by atoms with Crippen molar-refractivity contribution in [3.63, 3.8) is 0 Å². The van der Waals surface area contributed by atoms with Crippen molar-refractivity contribution >= 4 is 44.8 Å². The molecule has 0 aliphatic carbocycles.